The molecule has 0 radical (unpaired) electrons. The molecule has 0 saturated heterocycles. The lowest BCUT2D eigenvalue weighted by Crippen LogP contribution is -2.32. The molecule has 2 N–H and O–H groups in total. The SMILES string of the molecule is CCN1c2ccccc2C(C)(C)c2oc(C(C)C)c(N)c21. The van der Waals surface area contributed by atoms with Gasteiger partial charge in [0.25, 0.3) is 0 Å². The maximum absolute atomic E-state index is 6.43. The second-order valence-electron chi connectivity index (χ2n) is 6.60. The standard InChI is InChI=1S/C18H24N2O/c1-6-20-13-10-8-7-9-12(13)18(4,5)17-15(20)14(19)16(21-17)11(2)3/h7-11H,6,19H2,1-5H3. The first-order valence-corrected chi connectivity index (χ1v) is 7.69. The van der Waals surface area contributed by atoms with Gasteiger partial charge < -0.3 is 15.1 Å². The van der Waals surface area contributed by atoms with E-state index in [2.05, 4.69) is 63.8 Å². The Balaban J connectivity index is 2.33. The van der Waals surface area contributed by atoms with E-state index in [0.29, 0.717) is 0 Å². The fraction of sp³-hybridized carbons (Fsp3) is 0.444. The molecule has 3 heteroatoms. The molecule has 2 aromatic rings. The second-order valence-corrected chi connectivity index (χ2v) is 6.60. The normalized spacial score (nSPS) is 16.0. The van der Waals surface area contributed by atoms with Crippen molar-refractivity contribution < 1.29 is 4.42 Å². The number of anilines is 3. The van der Waals surface area contributed by atoms with Gasteiger partial charge in [-0.1, -0.05) is 32.0 Å². The molecule has 112 valence electrons. The number of benzene rings is 1. The lowest BCUT2D eigenvalue weighted by molar-refractivity contribution is 0.390. The van der Waals surface area contributed by atoms with Crippen LogP contribution in [-0.2, 0) is 5.41 Å². The molecule has 1 aromatic carbocycles. The van der Waals surface area contributed by atoms with Crippen molar-refractivity contribution in [2.45, 2.75) is 46.0 Å². The highest BCUT2D eigenvalue weighted by molar-refractivity contribution is 5.85. The van der Waals surface area contributed by atoms with E-state index < -0.39 is 0 Å². The maximum atomic E-state index is 6.43. The molecule has 0 aliphatic carbocycles. The summed E-state index contributed by atoms with van der Waals surface area (Å²) in [4.78, 5) is 2.28. The summed E-state index contributed by atoms with van der Waals surface area (Å²) >= 11 is 0. The summed E-state index contributed by atoms with van der Waals surface area (Å²) in [5.41, 5.74) is 10.7. The number of para-hydroxylation sites is 1. The van der Waals surface area contributed by atoms with Gasteiger partial charge in [0.15, 0.2) is 0 Å². The number of nitrogens with zero attached hydrogens (tertiary/aromatic N) is 1. The Morgan fingerprint density at radius 1 is 1.24 bits per heavy atom. The summed E-state index contributed by atoms with van der Waals surface area (Å²) in [7, 11) is 0. The molecule has 1 aliphatic rings. The summed E-state index contributed by atoms with van der Waals surface area (Å²) in [6.07, 6.45) is 0. The molecule has 0 bridgehead atoms. The first-order valence-electron chi connectivity index (χ1n) is 7.69. The Morgan fingerprint density at radius 2 is 1.90 bits per heavy atom. The van der Waals surface area contributed by atoms with Crippen LogP contribution < -0.4 is 10.6 Å². The average Bonchev–Trinajstić information content (AvgIpc) is 2.79. The number of furan rings is 1. The van der Waals surface area contributed by atoms with E-state index in [1.807, 2.05) is 0 Å². The molecule has 0 saturated carbocycles. The lowest BCUT2D eigenvalue weighted by atomic mass is 9.77. The Kier molecular flexibility index (Phi) is 3.05. The summed E-state index contributed by atoms with van der Waals surface area (Å²) in [6.45, 7) is 11.7. The molecule has 1 aromatic heterocycles. The third-order valence-corrected chi connectivity index (χ3v) is 4.49. The average molecular weight is 284 g/mol. The van der Waals surface area contributed by atoms with Gasteiger partial charge in [0.2, 0.25) is 0 Å². The number of fused-ring (bicyclic) bond motifs is 2. The minimum atomic E-state index is -0.168. The monoisotopic (exact) mass is 284 g/mol. The Morgan fingerprint density at radius 3 is 2.52 bits per heavy atom. The van der Waals surface area contributed by atoms with E-state index in [9.17, 15) is 0 Å². The fourth-order valence-corrected chi connectivity index (χ4v) is 3.38. The molecular formula is C18H24N2O. The highest BCUT2D eigenvalue weighted by Gasteiger charge is 2.41. The van der Waals surface area contributed by atoms with Crippen LogP contribution in [0.15, 0.2) is 28.7 Å². The van der Waals surface area contributed by atoms with Crippen LogP contribution in [0.1, 0.15) is 57.6 Å². The molecule has 0 unspecified atom stereocenters. The Labute approximate surface area is 126 Å². The van der Waals surface area contributed by atoms with Gasteiger partial charge >= 0.3 is 0 Å². The van der Waals surface area contributed by atoms with Gasteiger partial charge in [0.1, 0.15) is 17.2 Å². The van der Waals surface area contributed by atoms with Crippen molar-refractivity contribution in [2.75, 3.05) is 17.2 Å². The van der Waals surface area contributed by atoms with Crippen molar-refractivity contribution in [3.8, 4) is 0 Å². The summed E-state index contributed by atoms with van der Waals surface area (Å²) in [5.74, 6) is 2.18. The third kappa shape index (κ3) is 1.80. The number of hydrogen-bond donors (Lipinski definition) is 1. The summed E-state index contributed by atoms with van der Waals surface area (Å²) < 4.78 is 6.24. The fourth-order valence-electron chi connectivity index (χ4n) is 3.38. The van der Waals surface area contributed by atoms with Crippen molar-refractivity contribution in [1.29, 1.82) is 0 Å². The summed E-state index contributed by atoms with van der Waals surface area (Å²) in [5, 5.41) is 0. The molecule has 3 rings (SSSR count). The molecular weight excluding hydrogens is 260 g/mol. The zero-order valence-electron chi connectivity index (χ0n) is 13.5. The van der Waals surface area contributed by atoms with Gasteiger partial charge in [-0.25, -0.2) is 0 Å². The van der Waals surface area contributed by atoms with Crippen LogP contribution in [-0.4, -0.2) is 6.54 Å². The van der Waals surface area contributed by atoms with Gasteiger partial charge in [-0.3, -0.25) is 0 Å². The molecule has 3 nitrogen and oxygen atoms in total. The van der Waals surface area contributed by atoms with Gasteiger partial charge in [0.05, 0.1) is 11.1 Å². The van der Waals surface area contributed by atoms with Crippen LogP contribution in [0.5, 0.6) is 0 Å². The maximum Gasteiger partial charge on any atom is 0.140 e. The highest BCUT2D eigenvalue weighted by atomic mass is 16.3. The number of rotatable bonds is 2. The van der Waals surface area contributed by atoms with Crippen LogP contribution in [0, 0.1) is 0 Å². The van der Waals surface area contributed by atoms with Crippen molar-refractivity contribution in [3.63, 3.8) is 0 Å². The van der Waals surface area contributed by atoms with Gasteiger partial charge in [0, 0.05) is 18.2 Å². The quantitative estimate of drug-likeness (QED) is 0.862. The molecule has 1 aliphatic heterocycles. The van der Waals surface area contributed by atoms with Crippen molar-refractivity contribution >= 4 is 17.1 Å². The van der Waals surface area contributed by atoms with Crippen LogP contribution in [0.3, 0.4) is 0 Å². The molecule has 0 spiro atoms. The molecule has 0 amide bonds. The topological polar surface area (TPSA) is 42.4 Å². The van der Waals surface area contributed by atoms with Crippen molar-refractivity contribution in [3.05, 3.63) is 41.3 Å². The molecule has 0 atom stereocenters. The molecule has 2 heterocycles. The first kappa shape index (κ1) is 14.1. The van der Waals surface area contributed by atoms with Crippen molar-refractivity contribution in [1.82, 2.24) is 0 Å². The Hall–Kier alpha value is -1.90. The zero-order chi connectivity index (χ0) is 15.4. The number of nitrogen functional groups attached to an aromatic ring is 1. The lowest BCUT2D eigenvalue weighted by Gasteiger charge is -2.38. The minimum Gasteiger partial charge on any atom is -0.460 e. The van der Waals surface area contributed by atoms with Crippen LogP contribution in [0.2, 0.25) is 0 Å². The largest absolute Gasteiger partial charge is 0.460 e. The third-order valence-electron chi connectivity index (χ3n) is 4.49. The van der Waals surface area contributed by atoms with Crippen LogP contribution in [0.25, 0.3) is 0 Å². The zero-order valence-corrected chi connectivity index (χ0v) is 13.5. The predicted molar refractivity (Wildman–Crippen MR) is 88.5 cm³/mol. The predicted octanol–water partition coefficient (Wildman–Crippen LogP) is 4.78. The number of hydrogen-bond acceptors (Lipinski definition) is 3. The van der Waals surface area contributed by atoms with E-state index in [0.717, 1.165) is 29.4 Å². The van der Waals surface area contributed by atoms with E-state index in [1.165, 1.54) is 11.3 Å². The van der Waals surface area contributed by atoms with E-state index in [1.54, 1.807) is 0 Å². The van der Waals surface area contributed by atoms with E-state index in [-0.39, 0.29) is 11.3 Å². The summed E-state index contributed by atoms with van der Waals surface area (Å²) in [6, 6.07) is 8.54. The van der Waals surface area contributed by atoms with Gasteiger partial charge in [-0.15, -0.1) is 0 Å². The second kappa shape index (κ2) is 4.55. The van der Waals surface area contributed by atoms with Crippen LogP contribution in [0.4, 0.5) is 17.1 Å². The number of nitrogens with two attached hydrogens (primary N) is 1. The Bertz CT molecular complexity index is 683. The van der Waals surface area contributed by atoms with Crippen LogP contribution >= 0.6 is 0 Å². The highest BCUT2D eigenvalue weighted by Crippen LogP contribution is 2.53. The molecule has 21 heavy (non-hydrogen) atoms. The minimum absolute atomic E-state index is 0.168. The van der Waals surface area contributed by atoms with E-state index in [4.69, 9.17) is 10.2 Å². The van der Waals surface area contributed by atoms with Crippen molar-refractivity contribution in [2.24, 2.45) is 0 Å². The smallest absolute Gasteiger partial charge is 0.140 e. The van der Waals surface area contributed by atoms with Gasteiger partial charge in [-0.2, -0.15) is 0 Å². The van der Waals surface area contributed by atoms with E-state index >= 15 is 0 Å². The first-order chi connectivity index (χ1) is 9.89. The van der Waals surface area contributed by atoms with Gasteiger partial charge in [-0.05, 0) is 32.4 Å². The molecule has 0 fully saturated rings.